The van der Waals surface area contributed by atoms with Crippen LogP contribution in [0.15, 0.2) is 60.9 Å². The number of nitrogens with one attached hydrogen (secondary N) is 6. The monoisotopic (exact) mass is 1520 g/mol. The van der Waals surface area contributed by atoms with Crippen molar-refractivity contribution in [2.75, 3.05) is 102 Å². The summed E-state index contributed by atoms with van der Waals surface area (Å²) in [7, 11) is -8.86. The van der Waals surface area contributed by atoms with Crippen molar-refractivity contribution < 1.29 is 126 Å². The van der Waals surface area contributed by atoms with Gasteiger partial charge in [-0.3, -0.25) is 38.3 Å². The summed E-state index contributed by atoms with van der Waals surface area (Å²) in [4.78, 5) is 99.5. The number of hydrogen-bond donors (Lipinski definition) is 17. The standard InChI is InChI=1S/C63H101N13O26P2/c1-42(77)71-76(29-9-8-28-75-41-46(70-73-75)11-3-6-25-66-63(88)68-44-15-19-48(20-16-44)100-61-58(85)56(83)54(81)51(102-61)23-39-104(92,93)94)49(59(86)64-26-31-96-33-35-98-37-36-97-34-32-95-30-21-52(78)79)12-4-7-27-74-40-45(69-72-74)10-2-5-24-65-62(87)67-43-13-17-47(18-14-43)99-60-57(84)55(82)53(80)50(101-60)22-38-103(89,90)91/h13-20,40-41,49-51,53-58,60-61,80-85H,2-12,21-39H2,1H3,(H,64,86)(H,71,77)(H,78,79)(H2,65,67,87)(H2,66,68,88)(H2,89,90,91)(H2,92,93,94)/t49-,50+,51+,53+,54+,55-,56-,57-,58-,60-,61-/m0/s1. The third-order valence-corrected chi connectivity index (χ3v) is 17.9. The van der Waals surface area contributed by atoms with Crippen molar-refractivity contribution in [3.8, 4) is 11.5 Å². The minimum atomic E-state index is -4.43. The predicted molar refractivity (Wildman–Crippen MR) is 366 cm³/mol. The molecule has 2 aliphatic heterocycles. The smallest absolute Gasteiger partial charge is 0.325 e. The Kier molecular flexibility index (Phi) is 37.6. The average molecular weight is 1520 g/mol. The maximum Gasteiger partial charge on any atom is 0.325 e. The van der Waals surface area contributed by atoms with E-state index in [4.69, 9.17) is 43.0 Å². The van der Waals surface area contributed by atoms with Crippen LogP contribution in [-0.4, -0.2) is 279 Å². The summed E-state index contributed by atoms with van der Waals surface area (Å²) in [5.74, 6) is -1.23. The summed E-state index contributed by atoms with van der Waals surface area (Å²) in [6, 6.07) is 10.3. The molecule has 0 unspecified atom stereocenters. The zero-order chi connectivity index (χ0) is 75.4. The number of benzene rings is 2. The van der Waals surface area contributed by atoms with Gasteiger partial charge in [0.05, 0.1) is 95.2 Å². The third kappa shape index (κ3) is 33.2. The van der Waals surface area contributed by atoms with Crippen molar-refractivity contribution in [2.24, 2.45) is 0 Å². The summed E-state index contributed by atoms with van der Waals surface area (Å²) in [6.45, 7) is 5.67. The Morgan fingerprint density at radius 3 is 1.40 bits per heavy atom. The molecule has 6 amide bonds. The van der Waals surface area contributed by atoms with Gasteiger partial charge in [-0.25, -0.2) is 14.6 Å². The van der Waals surface area contributed by atoms with E-state index in [-0.39, 0.29) is 82.2 Å². The fraction of sp³-hybridized carbons (Fsp3) is 0.667. The molecule has 4 heterocycles. The number of amides is 6. The number of carbonyl (C=O) groups excluding carboxylic acids is 4. The van der Waals surface area contributed by atoms with E-state index in [1.165, 1.54) is 55.5 Å². The Morgan fingerprint density at radius 1 is 0.538 bits per heavy atom. The van der Waals surface area contributed by atoms with Crippen LogP contribution < -0.4 is 41.5 Å². The normalized spacial score (nSPS) is 20.9. The molecule has 104 heavy (non-hydrogen) atoms. The summed E-state index contributed by atoms with van der Waals surface area (Å²) >= 11 is 0. The van der Waals surface area contributed by atoms with E-state index in [2.05, 4.69) is 52.6 Å². The number of carbonyl (C=O) groups is 5. The molecule has 2 saturated heterocycles. The maximum atomic E-state index is 14.0. The molecular weight excluding hydrogens is 1420 g/mol. The van der Waals surface area contributed by atoms with Gasteiger partial charge in [-0.2, -0.15) is 0 Å². The number of carboxylic acid groups (broad SMARTS) is 1. The first kappa shape index (κ1) is 86.0. The highest BCUT2D eigenvalue weighted by atomic mass is 31.2. The molecule has 0 saturated carbocycles. The van der Waals surface area contributed by atoms with Crippen LogP contribution >= 0.6 is 15.2 Å². The van der Waals surface area contributed by atoms with Crippen molar-refractivity contribution in [3.63, 3.8) is 0 Å². The number of ether oxygens (including phenoxy) is 8. The van der Waals surface area contributed by atoms with Gasteiger partial charge in [-0.15, -0.1) is 10.2 Å². The molecule has 6 rings (SSSR count). The lowest BCUT2D eigenvalue weighted by Crippen LogP contribution is -2.59. The van der Waals surface area contributed by atoms with Crippen molar-refractivity contribution in [1.82, 2.24) is 56.4 Å². The Balaban J connectivity index is 0.887. The zero-order valence-electron chi connectivity index (χ0n) is 57.9. The number of aliphatic hydroxyl groups is 6. The van der Waals surface area contributed by atoms with Gasteiger partial charge in [-0.05, 0) is 132 Å². The number of aliphatic carboxylic acids is 1. The minimum Gasteiger partial charge on any atom is -0.481 e. The number of aromatic nitrogens is 6. The molecule has 11 atom stereocenters. The summed E-state index contributed by atoms with van der Waals surface area (Å²) in [5.41, 5.74) is 5.21. The van der Waals surface area contributed by atoms with E-state index in [1.54, 1.807) is 14.4 Å². The summed E-state index contributed by atoms with van der Waals surface area (Å²) in [6.07, 6.45) is -6.88. The van der Waals surface area contributed by atoms with Crippen LogP contribution in [0.5, 0.6) is 11.5 Å². The maximum absolute atomic E-state index is 14.0. The number of hydrogen-bond acceptors (Lipinski definition) is 26. The number of nitrogens with zero attached hydrogens (tertiary/aromatic N) is 7. The van der Waals surface area contributed by atoms with Crippen LogP contribution in [0.1, 0.15) is 95.4 Å². The molecule has 17 N–H and O–H groups in total. The summed E-state index contributed by atoms with van der Waals surface area (Å²) < 4.78 is 70.4. The van der Waals surface area contributed by atoms with Crippen LogP contribution in [0.2, 0.25) is 0 Å². The molecule has 2 fully saturated rings. The number of anilines is 2. The predicted octanol–water partition coefficient (Wildman–Crippen LogP) is -0.303. The first-order valence-electron chi connectivity index (χ1n) is 34.4. The molecule has 0 bridgehead atoms. The molecule has 4 aromatic rings. The van der Waals surface area contributed by atoms with E-state index in [9.17, 15) is 83.3 Å². The van der Waals surface area contributed by atoms with Crippen LogP contribution in [0, 0.1) is 0 Å². The van der Waals surface area contributed by atoms with Gasteiger partial charge in [0, 0.05) is 70.0 Å². The van der Waals surface area contributed by atoms with Gasteiger partial charge >= 0.3 is 33.2 Å². The second-order valence-corrected chi connectivity index (χ2v) is 28.3. The van der Waals surface area contributed by atoms with E-state index in [0.29, 0.717) is 135 Å². The molecule has 584 valence electrons. The Bertz CT molecular complexity index is 3280. The number of urea groups is 2. The van der Waals surface area contributed by atoms with Gasteiger partial charge in [-0.1, -0.05) is 10.4 Å². The van der Waals surface area contributed by atoms with Gasteiger partial charge in [0.15, 0.2) is 0 Å². The molecule has 2 aliphatic rings. The molecular formula is C63H101N13O26P2. The number of carboxylic acids is 1. The Morgan fingerprint density at radius 2 is 0.971 bits per heavy atom. The lowest BCUT2D eigenvalue weighted by atomic mass is 9.97. The van der Waals surface area contributed by atoms with E-state index < -0.39 is 113 Å². The highest BCUT2D eigenvalue weighted by molar-refractivity contribution is 7.52. The first-order chi connectivity index (χ1) is 49.7. The van der Waals surface area contributed by atoms with E-state index in [1.807, 2.05) is 12.4 Å². The van der Waals surface area contributed by atoms with Gasteiger partial charge < -0.3 is 120 Å². The van der Waals surface area contributed by atoms with Crippen molar-refractivity contribution in [2.45, 2.75) is 177 Å². The number of aliphatic hydroxyl groups excluding tert-OH is 6. The van der Waals surface area contributed by atoms with Gasteiger partial charge in [0.25, 0.3) is 0 Å². The number of unbranched alkanes of at least 4 members (excludes halogenated alkanes) is 4. The molecule has 0 aliphatic carbocycles. The van der Waals surface area contributed by atoms with E-state index in [0.717, 1.165) is 11.4 Å². The molecule has 39 nitrogen and oxygen atoms in total. The Labute approximate surface area is 600 Å². The topological polar surface area (TPSA) is 553 Å². The molecule has 0 spiro atoms. The van der Waals surface area contributed by atoms with Crippen molar-refractivity contribution in [3.05, 3.63) is 72.3 Å². The third-order valence-electron chi connectivity index (χ3n) is 16.2. The summed E-state index contributed by atoms with van der Waals surface area (Å²) in [5, 5.41) is 103. The van der Waals surface area contributed by atoms with Crippen LogP contribution in [0.3, 0.4) is 0 Å². The SMILES string of the molecule is CC(=O)NN(CCCCn1cc(CCCCNC(=O)Nc2ccc(O[C@H]3O[C@H](CCP(=O)(O)O)[C@@H](O)[C@H](O)[C@@H]3O)cc2)nn1)[C@@H](CCCCn1cc(CCCCNC(=O)Nc2ccc(O[C@H]3O[C@H](CCP(=O)(O)O)[C@@H](O)[C@H](O)[C@@H]3O)cc2)nn1)C(=O)NCCOCCOCCOCCOCCC(=O)O. The van der Waals surface area contributed by atoms with Crippen molar-refractivity contribution >= 4 is 56.4 Å². The quantitative estimate of drug-likeness (QED) is 0.0153. The fourth-order valence-electron chi connectivity index (χ4n) is 10.7. The lowest BCUT2D eigenvalue weighted by molar-refractivity contribution is -0.272. The Hall–Kier alpha value is -6.95. The van der Waals surface area contributed by atoms with Crippen LogP contribution in [-0.2, 0) is 77.9 Å². The van der Waals surface area contributed by atoms with Crippen molar-refractivity contribution in [1.29, 1.82) is 0 Å². The van der Waals surface area contributed by atoms with Crippen LogP contribution in [0.4, 0.5) is 21.0 Å². The highest BCUT2D eigenvalue weighted by Crippen LogP contribution is 2.39. The van der Waals surface area contributed by atoms with Gasteiger partial charge in [0.1, 0.15) is 54.2 Å². The molecule has 2 aromatic carbocycles. The highest BCUT2D eigenvalue weighted by Gasteiger charge is 2.47. The number of hydrazine groups is 1. The minimum absolute atomic E-state index is 0.0813. The van der Waals surface area contributed by atoms with Gasteiger partial charge in [0.2, 0.25) is 24.4 Å². The molecule has 0 radical (unpaired) electrons. The second-order valence-electron chi connectivity index (χ2n) is 24.8. The second kappa shape index (κ2) is 45.5. The average Bonchev–Trinajstić information content (AvgIpc) is 0.900. The zero-order valence-corrected chi connectivity index (χ0v) is 59.7. The first-order valence-corrected chi connectivity index (χ1v) is 38.0. The van der Waals surface area contributed by atoms with Crippen LogP contribution in [0.25, 0.3) is 0 Å². The molecule has 2 aromatic heterocycles. The lowest BCUT2D eigenvalue weighted by Gasteiger charge is -2.40. The molecule has 41 heteroatoms. The number of aryl methyl sites for hydroxylation is 4. The van der Waals surface area contributed by atoms with E-state index >= 15 is 0 Å². The largest absolute Gasteiger partial charge is 0.481 e. The fourth-order valence-corrected chi connectivity index (χ4v) is 11.9. The number of rotatable bonds is 50.